The van der Waals surface area contributed by atoms with Crippen LogP contribution < -0.4 is 5.32 Å². The van der Waals surface area contributed by atoms with Crippen molar-refractivity contribution in [3.63, 3.8) is 0 Å². The molecule has 1 aromatic heterocycles. The minimum atomic E-state index is 0.496. The van der Waals surface area contributed by atoms with E-state index < -0.39 is 0 Å². The first-order valence-corrected chi connectivity index (χ1v) is 5.25. The van der Waals surface area contributed by atoms with Gasteiger partial charge < -0.3 is 5.32 Å². The second-order valence-corrected chi connectivity index (χ2v) is 3.40. The molecule has 0 aliphatic carbocycles. The summed E-state index contributed by atoms with van der Waals surface area (Å²) in [6.07, 6.45) is 1.76. The lowest BCUT2D eigenvalue weighted by atomic mass is 10.2. The van der Waals surface area contributed by atoms with Gasteiger partial charge >= 0.3 is 0 Å². The number of pyridine rings is 1. The molecule has 0 radical (unpaired) electrons. The summed E-state index contributed by atoms with van der Waals surface area (Å²) >= 11 is 5.84. The summed E-state index contributed by atoms with van der Waals surface area (Å²) in [7, 11) is 0. The highest BCUT2D eigenvalue weighted by molar-refractivity contribution is 6.17. The zero-order valence-corrected chi connectivity index (χ0v) is 8.91. The maximum atomic E-state index is 5.84. The second-order valence-electron chi connectivity index (χ2n) is 3.13. The smallest absolute Gasteiger partial charge is 0.130 e. The van der Waals surface area contributed by atoms with Gasteiger partial charge in [0.25, 0.3) is 0 Å². The summed E-state index contributed by atoms with van der Waals surface area (Å²) in [5.41, 5.74) is 2.08. The van der Waals surface area contributed by atoms with Crippen molar-refractivity contribution < 1.29 is 0 Å². The summed E-state index contributed by atoms with van der Waals surface area (Å²) < 4.78 is 0. The number of alkyl halides is 1. The molecule has 2 rings (SSSR count). The van der Waals surface area contributed by atoms with Crippen LogP contribution >= 0.6 is 11.6 Å². The summed E-state index contributed by atoms with van der Waals surface area (Å²) in [6.45, 7) is 0. The van der Waals surface area contributed by atoms with Gasteiger partial charge in [0.2, 0.25) is 0 Å². The number of anilines is 2. The molecule has 1 N–H and O–H groups in total. The first kappa shape index (κ1) is 9.99. The third-order valence-corrected chi connectivity index (χ3v) is 2.38. The molecule has 0 bridgehead atoms. The first-order valence-electron chi connectivity index (χ1n) is 4.72. The highest BCUT2D eigenvalue weighted by Gasteiger charge is 2.00. The molecule has 0 saturated heterocycles. The Hall–Kier alpha value is -1.54. The standard InChI is InChI=1S/C12H11ClN2/c13-9-10-5-1-2-6-11(10)15-12-7-3-4-8-14-12/h1-8H,9H2,(H,14,15). The van der Waals surface area contributed by atoms with E-state index in [1.807, 2.05) is 42.5 Å². The van der Waals surface area contributed by atoms with Gasteiger partial charge in [0, 0.05) is 17.8 Å². The topological polar surface area (TPSA) is 24.9 Å². The van der Waals surface area contributed by atoms with Crippen LogP contribution in [0, 0.1) is 0 Å². The number of benzene rings is 1. The van der Waals surface area contributed by atoms with Gasteiger partial charge in [-0.15, -0.1) is 11.6 Å². The highest BCUT2D eigenvalue weighted by Crippen LogP contribution is 2.20. The summed E-state index contributed by atoms with van der Waals surface area (Å²) in [5, 5.41) is 3.23. The normalized spacial score (nSPS) is 9.93. The van der Waals surface area contributed by atoms with E-state index in [0.717, 1.165) is 17.1 Å². The molecule has 2 aromatic rings. The lowest BCUT2D eigenvalue weighted by Gasteiger charge is -2.08. The van der Waals surface area contributed by atoms with E-state index in [0.29, 0.717) is 5.88 Å². The van der Waals surface area contributed by atoms with E-state index in [4.69, 9.17) is 11.6 Å². The van der Waals surface area contributed by atoms with Crippen LogP contribution in [0.15, 0.2) is 48.7 Å². The fraction of sp³-hybridized carbons (Fsp3) is 0.0833. The molecular formula is C12H11ClN2. The average molecular weight is 219 g/mol. The number of nitrogens with zero attached hydrogens (tertiary/aromatic N) is 1. The fourth-order valence-corrected chi connectivity index (χ4v) is 1.57. The maximum absolute atomic E-state index is 5.84. The van der Waals surface area contributed by atoms with E-state index in [9.17, 15) is 0 Å². The van der Waals surface area contributed by atoms with Crippen molar-refractivity contribution in [3.8, 4) is 0 Å². The summed E-state index contributed by atoms with van der Waals surface area (Å²) in [6, 6.07) is 13.7. The van der Waals surface area contributed by atoms with Gasteiger partial charge in [0.15, 0.2) is 0 Å². The molecule has 3 heteroatoms. The molecule has 1 heterocycles. The molecule has 0 aliphatic heterocycles. The van der Waals surface area contributed by atoms with Gasteiger partial charge in [0.1, 0.15) is 5.82 Å². The van der Waals surface area contributed by atoms with Gasteiger partial charge in [-0.25, -0.2) is 4.98 Å². The first-order chi connectivity index (χ1) is 7.40. The number of rotatable bonds is 3. The molecule has 0 atom stereocenters. The van der Waals surface area contributed by atoms with Gasteiger partial charge in [-0.1, -0.05) is 24.3 Å². The Morgan fingerprint density at radius 2 is 1.87 bits per heavy atom. The Bertz CT molecular complexity index is 429. The SMILES string of the molecule is ClCc1ccccc1Nc1ccccn1. The van der Waals surface area contributed by atoms with Crippen molar-refractivity contribution in [2.45, 2.75) is 5.88 Å². The molecule has 0 spiro atoms. The van der Waals surface area contributed by atoms with Crippen LogP contribution in [0.3, 0.4) is 0 Å². The quantitative estimate of drug-likeness (QED) is 0.797. The molecule has 1 aromatic carbocycles. The molecule has 0 unspecified atom stereocenters. The van der Waals surface area contributed by atoms with Crippen LogP contribution in [0.5, 0.6) is 0 Å². The Kier molecular flexibility index (Phi) is 3.20. The van der Waals surface area contributed by atoms with Crippen LogP contribution in [0.1, 0.15) is 5.56 Å². The molecule has 0 aliphatic rings. The Balaban J connectivity index is 2.24. The van der Waals surface area contributed by atoms with Gasteiger partial charge in [-0.05, 0) is 23.8 Å². The van der Waals surface area contributed by atoms with Crippen LogP contribution in [-0.4, -0.2) is 4.98 Å². The van der Waals surface area contributed by atoms with Crippen molar-refractivity contribution in [1.29, 1.82) is 0 Å². The Labute approximate surface area is 93.9 Å². The third kappa shape index (κ3) is 2.48. The Morgan fingerprint density at radius 1 is 1.07 bits per heavy atom. The second kappa shape index (κ2) is 4.80. The van der Waals surface area contributed by atoms with Crippen LogP contribution in [0.2, 0.25) is 0 Å². The zero-order chi connectivity index (χ0) is 10.5. The largest absolute Gasteiger partial charge is 0.340 e. The van der Waals surface area contributed by atoms with E-state index in [2.05, 4.69) is 10.3 Å². The van der Waals surface area contributed by atoms with Crippen molar-refractivity contribution in [2.75, 3.05) is 5.32 Å². The maximum Gasteiger partial charge on any atom is 0.130 e. The summed E-state index contributed by atoms with van der Waals surface area (Å²) in [5.74, 6) is 1.32. The van der Waals surface area contributed by atoms with Gasteiger partial charge in [-0.3, -0.25) is 0 Å². The van der Waals surface area contributed by atoms with Crippen molar-refractivity contribution in [1.82, 2.24) is 4.98 Å². The minimum Gasteiger partial charge on any atom is -0.340 e. The average Bonchev–Trinajstić information content (AvgIpc) is 2.31. The Morgan fingerprint density at radius 3 is 2.60 bits per heavy atom. The third-order valence-electron chi connectivity index (χ3n) is 2.09. The molecule has 15 heavy (non-hydrogen) atoms. The van der Waals surface area contributed by atoms with E-state index >= 15 is 0 Å². The number of aromatic nitrogens is 1. The van der Waals surface area contributed by atoms with Crippen molar-refractivity contribution >= 4 is 23.1 Å². The molecule has 76 valence electrons. The molecule has 0 saturated carbocycles. The van der Waals surface area contributed by atoms with Gasteiger partial charge in [0.05, 0.1) is 0 Å². The number of hydrogen-bond donors (Lipinski definition) is 1. The molecule has 0 amide bonds. The minimum absolute atomic E-state index is 0.496. The van der Waals surface area contributed by atoms with Crippen molar-refractivity contribution in [2.24, 2.45) is 0 Å². The lowest BCUT2D eigenvalue weighted by Crippen LogP contribution is -1.95. The fourth-order valence-electron chi connectivity index (χ4n) is 1.33. The number of nitrogens with one attached hydrogen (secondary N) is 1. The van der Waals surface area contributed by atoms with Crippen LogP contribution in [0.4, 0.5) is 11.5 Å². The number of para-hydroxylation sites is 1. The van der Waals surface area contributed by atoms with E-state index in [1.165, 1.54) is 0 Å². The predicted molar refractivity (Wildman–Crippen MR) is 63.5 cm³/mol. The van der Waals surface area contributed by atoms with E-state index in [1.54, 1.807) is 6.20 Å². The zero-order valence-electron chi connectivity index (χ0n) is 8.15. The van der Waals surface area contributed by atoms with Crippen LogP contribution in [0.25, 0.3) is 0 Å². The lowest BCUT2D eigenvalue weighted by molar-refractivity contribution is 1.29. The summed E-state index contributed by atoms with van der Waals surface area (Å²) in [4.78, 5) is 4.20. The number of hydrogen-bond acceptors (Lipinski definition) is 2. The molecule has 0 fully saturated rings. The molecular weight excluding hydrogens is 208 g/mol. The van der Waals surface area contributed by atoms with Crippen LogP contribution in [-0.2, 0) is 5.88 Å². The monoisotopic (exact) mass is 218 g/mol. The van der Waals surface area contributed by atoms with Crippen molar-refractivity contribution in [3.05, 3.63) is 54.2 Å². The predicted octanol–water partition coefficient (Wildman–Crippen LogP) is 3.56. The van der Waals surface area contributed by atoms with E-state index in [-0.39, 0.29) is 0 Å². The molecule has 2 nitrogen and oxygen atoms in total. The highest BCUT2D eigenvalue weighted by atomic mass is 35.5. The number of halogens is 1. The van der Waals surface area contributed by atoms with Gasteiger partial charge in [-0.2, -0.15) is 0 Å².